The molecule has 4 heteroatoms. The summed E-state index contributed by atoms with van der Waals surface area (Å²) in [7, 11) is 0. The lowest BCUT2D eigenvalue weighted by Crippen LogP contribution is -2.71. The van der Waals surface area contributed by atoms with Crippen LogP contribution in [0, 0.1) is 5.82 Å². The number of carbonyl (C=O) groups is 1. The maximum atomic E-state index is 13.1. The number of Topliss-reactive ketones (excluding diaryl/α,β-unsaturated/α-hetero) is 1. The van der Waals surface area contributed by atoms with Gasteiger partial charge in [-0.05, 0) is 17.7 Å². The van der Waals surface area contributed by atoms with E-state index in [9.17, 15) is 14.3 Å². The van der Waals surface area contributed by atoms with Gasteiger partial charge in [0.15, 0.2) is 11.7 Å². The molecule has 19 heavy (non-hydrogen) atoms. The van der Waals surface area contributed by atoms with Gasteiger partial charge in [-0.15, -0.1) is 0 Å². The summed E-state index contributed by atoms with van der Waals surface area (Å²) in [6.07, 6.45) is 0. The monoisotopic (exact) mass is 256 g/mol. The number of aliphatic hydroxyl groups excluding tert-OH is 1. The van der Waals surface area contributed by atoms with Gasteiger partial charge in [0.1, 0.15) is 5.82 Å². The second-order valence-electron chi connectivity index (χ2n) is 4.41. The molecule has 1 aliphatic rings. The van der Waals surface area contributed by atoms with Crippen molar-refractivity contribution in [2.45, 2.75) is 5.92 Å². The Kier molecular flexibility index (Phi) is 2.63. The van der Waals surface area contributed by atoms with E-state index < -0.39 is 11.7 Å². The van der Waals surface area contributed by atoms with Crippen LogP contribution in [0.4, 0.5) is 10.1 Å². The summed E-state index contributed by atoms with van der Waals surface area (Å²) in [6, 6.07) is 12.9. The highest BCUT2D eigenvalue weighted by molar-refractivity contribution is 6.16. The van der Waals surface area contributed by atoms with Gasteiger partial charge in [0.25, 0.3) is 0 Å². The van der Waals surface area contributed by atoms with Crippen molar-refractivity contribution in [2.24, 2.45) is 0 Å². The van der Waals surface area contributed by atoms with Crippen LogP contribution in [0.2, 0.25) is 0 Å². The predicted octanol–water partition coefficient (Wildman–Crippen LogP) is 1.47. The van der Waals surface area contributed by atoms with Gasteiger partial charge in [0.2, 0.25) is 5.69 Å². The summed E-state index contributed by atoms with van der Waals surface area (Å²) in [5, 5.41) is 9.99. The zero-order chi connectivity index (χ0) is 13.4. The zero-order valence-electron chi connectivity index (χ0n) is 9.93. The van der Waals surface area contributed by atoms with E-state index in [0.29, 0.717) is 16.8 Å². The first-order valence-corrected chi connectivity index (χ1v) is 5.88. The minimum Gasteiger partial charge on any atom is -0.462 e. The van der Waals surface area contributed by atoms with Gasteiger partial charge in [-0.3, -0.25) is 4.79 Å². The van der Waals surface area contributed by atoms with Crippen molar-refractivity contribution in [1.82, 2.24) is 0 Å². The van der Waals surface area contributed by atoms with E-state index in [0.717, 1.165) is 0 Å². The standard InChI is InChI=1S/C15H10FNO2/c16-10-6-7-11-12(8-10)17-15(19)13(14(11)18)9-4-2-1-3-5-9/h1-8,13H,(H,17,19)/p+1/t13-/m0/s1. The number of benzene rings is 2. The molecular weight excluding hydrogens is 245 g/mol. The van der Waals surface area contributed by atoms with Crippen LogP contribution in [0.5, 0.6) is 0 Å². The topological polar surface area (TPSA) is 51.3 Å². The van der Waals surface area contributed by atoms with Gasteiger partial charge in [-0.1, -0.05) is 30.3 Å². The van der Waals surface area contributed by atoms with Crippen LogP contribution in [0.1, 0.15) is 21.8 Å². The third kappa shape index (κ3) is 1.91. The lowest BCUT2D eigenvalue weighted by molar-refractivity contribution is -0.369. The van der Waals surface area contributed by atoms with Gasteiger partial charge in [0, 0.05) is 6.07 Å². The van der Waals surface area contributed by atoms with Crippen molar-refractivity contribution >= 4 is 17.4 Å². The Morgan fingerprint density at radius 2 is 1.84 bits per heavy atom. The fraction of sp³-hybridized carbons (Fsp3) is 0.0667. The number of fused-ring (bicyclic) bond motifs is 1. The van der Waals surface area contributed by atoms with Crippen LogP contribution in [0.25, 0.3) is 0 Å². The van der Waals surface area contributed by atoms with Gasteiger partial charge >= 0.3 is 5.90 Å². The Hall–Kier alpha value is -2.49. The van der Waals surface area contributed by atoms with Crippen molar-refractivity contribution in [2.75, 3.05) is 0 Å². The molecular formula is C15H11FNO2+. The number of aliphatic hydroxyl groups is 1. The lowest BCUT2D eigenvalue weighted by atomic mass is 9.87. The number of hydrogen-bond donors (Lipinski definition) is 2. The Balaban J connectivity index is 2.13. The van der Waals surface area contributed by atoms with Crippen LogP contribution >= 0.6 is 0 Å². The molecule has 2 aromatic rings. The van der Waals surface area contributed by atoms with Crippen molar-refractivity contribution in [3.8, 4) is 0 Å². The molecule has 0 amide bonds. The van der Waals surface area contributed by atoms with Gasteiger partial charge in [-0.25, -0.2) is 4.39 Å². The van der Waals surface area contributed by atoms with Crippen LogP contribution < -0.4 is 4.99 Å². The molecule has 0 saturated carbocycles. The average molecular weight is 256 g/mol. The fourth-order valence-electron chi connectivity index (χ4n) is 2.28. The van der Waals surface area contributed by atoms with Crippen molar-refractivity contribution in [1.29, 1.82) is 0 Å². The minimum absolute atomic E-state index is 0.172. The second kappa shape index (κ2) is 4.31. The first-order chi connectivity index (χ1) is 9.16. The molecule has 3 rings (SSSR count). The van der Waals surface area contributed by atoms with Crippen LogP contribution in [0.15, 0.2) is 48.5 Å². The number of hydrogen-bond acceptors (Lipinski definition) is 1. The number of rotatable bonds is 1. The molecule has 0 spiro atoms. The highest BCUT2D eigenvalue weighted by Gasteiger charge is 2.38. The number of halogens is 1. The molecule has 2 N–H and O–H groups in total. The highest BCUT2D eigenvalue weighted by atomic mass is 19.1. The Morgan fingerprint density at radius 1 is 1.11 bits per heavy atom. The Morgan fingerprint density at radius 3 is 2.58 bits per heavy atom. The lowest BCUT2D eigenvalue weighted by Gasteiger charge is -2.15. The largest absolute Gasteiger partial charge is 0.462 e. The van der Waals surface area contributed by atoms with Gasteiger partial charge < -0.3 is 5.11 Å². The minimum atomic E-state index is -0.751. The van der Waals surface area contributed by atoms with Crippen LogP contribution in [-0.4, -0.2) is 16.8 Å². The molecule has 94 valence electrons. The van der Waals surface area contributed by atoms with Crippen LogP contribution in [-0.2, 0) is 0 Å². The molecule has 2 aromatic carbocycles. The first kappa shape index (κ1) is 11.6. The SMILES string of the molecule is O=C1c2ccc(F)cc2[NH+]=C(O)[C@H]1c1ccccc1. The third-order valence-electron chi connectivity index (χ3n) is 3.18. The maximum absolute atomic E-state index is 13.1. The zero-order valence-corrected chi connectivity index (χ0v) is 9.93. The van der Waals surface area contributed by atoms with E-state index in [4.69, 9.17) is 0 Å². The molecule has 0 fully saturated rings. The fourth-order valence-corrected chi connectivity index (χ4v) is 2.28. The average Bonchev–Trinajstić information content (AvgIpc) is 2.39. The van der Waals surface area contributed by atoms with E-state index >= 15 is 0 Å². The van der Waals surface area contributed by atoms with Crippen molar-refractivity contribution < 1.29 is 19.3 Å². The first-order valence-electron chi connectivity index (χ1n) is 5.88. The highest BCUT2D eigenvalue weighted by Crippen LogP contribution is 2.26. The number of nitrogens with one attached hydrogen (secondary N) is 1. The second-order valence-corrected chi connectivity index (χ2v) is 4.41. The molecule has 1 heterocycles. The molecule has 1 aliphatic heterocycles. The quantitative estimate of drug-likeness (QED) is 0.812. The van der Waals surface area contributed by atoms with Gasteiger partial charge in [0.05, 0.1) is 5.56 Å². The summed E-state index contributed by atoms with van der Waals surface area (Å²) in [5.74, 6) is -1.61. The van der Waals surface area contributed by atoms with E-state index in [1.165, 1.54) is 18.2 Å². The summed E-state index contributed by atoms with van der Waals surface area (Å²) in [4.78, 5) is 15.1. The molecule has 0 unspecified atom stereocenters. The molecule has 0 bridgehead atoms. The summed E-state index contributed by atoms with van der Waals surface area (Å²) < 4.78 is 13.1. The van der Waals surface area contributed by atoms with Crippen LogP contribution in [0.3, 0.4) is 0 Å². The molecule has 0 saturated heterocycles. The van der Waals surface area contributed by atoms with Crippen molar-refractivity contribution in [3.05, 3.63) is 65.5 Å². The third-order valence-corrected chi connectivity index (χ3v) is 3.18. The number of carbonyl (C=O) groups excluding carboxylic acids is 1. The molecule has 0 aliphatic carbocycles. The summed E-state index contributed by atoms with van der Waals surface area (Å²) >= 11 is 0. The molecule has 1 atom stereocenters. The number of ketones is 1. The Bertz CT molecular complexity index is 680. The predicted molar refractivity (Wildman–Crippen MR) is 68.2 cm³/mol. The van der Waals surface area contributed by atoms with E-state index in [2.05, 4.69) is 4.99 Å². The molecule has 3 nitrogen and oxygen atoms in total. The molecule has 0 aromatic heterocycles. The van der Waals surface area contributed by atoms with Gasteiger partial charge in [-0.2, -0.15) is 4.99 Å². The smallest absolute Gasteiger partial charge is 0.353 e. The van der Waals surface area contributed by atoms with Crippen molar-refractivity contribution in [3.63, 3.8) is 0 Å². The maximum Gasteiger partial charge on any atom is 0.353 e. The summed E-state index contributed by atoms with van der Waals surface area (Å²) in [5.41, 5.74) is 1.38. The summed E-state index contributed by atoms with van der Waals surface area (Å²) in [6.45, 7) is 0. The van der Waals surface area contributed by atoms with E-state index in [-0.39, 0.29) is 11.7 Å². The van der Waals surface area contributed by atoms with E-state index in [1.54, 1.807) is 24.3 Å². The van der Waals surface area contributed by atoms with E-state index in [1.807, 2.05) is 6.07 Å². The molecule has 0 radical (unpaired) electrons. The Labute approximate surface area is 109 Å². The normalized spacial score (nSPS) is 17.8.